The number of aromatic nitrogens is 3. The predicted molar refractivity (Wildman–Crippen MR) is 116 cm³/mol. The number of hydrogen-bond donors (Lipinski definition) is 1. The summed E-state index contributed by atoms with van der Waals surface area (Å²) >= 11 is 0. The van der Waals surface area contributed by atoms with Gasteiger partial charge in [-0.3, -0.25) is 14.4 Å². The third-order valence-corrected chi connectivity index (χ3v) is 5.42. The second-order valence-corrected chi connectivity index (χ2v) is 7.72. The molecular formula is C22H20F3N5O4. The van der Waals surface area contributed by atoms with Gasteiger partial charge < -0.3 is 19.5 Å². The summed E-state index contributed by atoms with van der Waals surface area (Å²) in [6.45, 7) is 1.87. The fourth-order valence-electron chi connectivity index (χ4n) is 3.70. The van der Waals surface area contributed by atoms with Gasteiger partial charge in [-0.2, -0.15) is 4.68 Å². The largest absolute Gasteiger partial charge is 0.573 e. The van der Waals surface area contributed by atoms with Crippen LogP contribution in [-0.4, -0.2) is 38.1 Å². The molecule has 1 aromatic carbocycles. The standard InChI is InChI=1S/C22H20F3N5O4/c1-13(31)29-11-9-16-17(12-29)19(26-18-4-3-10-28(2)21(18)33)27-30(20(16)32)14-5-7-15(8-6-14)34-22(23,24)25/h3-8,10H,9,11-12H2,1-2H3,(H,26,27). The number of ether oxygens (including phenoxy) is 1. The van der Waals surface area contributed by atoms with Crippen LogP contribution in [-0.2, 0) is 24.8 Å². The quantitative estimate of drug-likeness (QED) is 0.623. The zero-order valence-electron chi connectivity index (χ0n) is 18.2. The van der Waals surface area contributed by atoms with Crippen LogP contribution in [0.3, 0.4) is 0 Å². The van der Waals surface area contributed by atoms with Crippen LogP contribution in [0.1, 0.15) is 18.1 Å². The van der Waals surface area contributed by atoms with E-state index in [1.807, 2.05) is 0 Å². The van der Waals surface area contributed by atoms with E-state index in [4.69, 9.17) is 0 Å². The van der Waals surface area contributed by atoms with E-state index in [1.54, 1.807) is 30.3 Å². The van der Waals surface area contributed by atoms with Gasteiger partial charge in [0.15, 0.2) is 5.82 Å². The molecule has 2 aromatic heterocycles. The van der Waals surface area contributed by atoms with Gasteiger partial charge in [0, 0.05) is 44.4 Å². The lowest BCUT2D eigenvalue weighted by Gasteiger charge is -2.29. The Morgan fingerprint density at radius 1 is 1.09 bits per heavy atom. The molecule has 1 aliphatic rings. The molecule has 178 valence electrons. The molecule has 0 aliphatic carbocycles. The lowest BCUT2D eigenvalue weighted by atomic mass is 10.0. The Balaban J connectivity index is 1.82. The number of nitrogens with one attached hydrogen (secondary N) is 1. The summed E-state index contributed by atoms with van der Waals surface area (Å²) in [5, 5.41) is 7.33. The molecule has 1 N–H and O–H groups in total. The number of fused-ring (bicyclic) bond motifs is 1. The third kappa shape index (κ3) is 4.65. The minimum atomic E-state index is -4.84. The minimum Gasteiger partial charge on any atom is -0.406 e. The van der Waals surface area contributed by atoms with Gasteiger partial charge in [-0.05, 0) is 42.8 Å². The molecule has 12 heteroatoms. The average molecular weight is 475 g/mol. The van der Waals surface area contributed by atoms with E-state index in [2.05, 4.69) is 15.2 Å². The minimum absolute atomic E-state index is 0.127. The van der Waals surface area contributed by atoms with Crippen molar-refractivity contribution < 1.29 is 22.7 Å². The highest BCUT2D eigenvalue weighted by Crippen LogP contribution is 2.27. The van der Waals surface area contributed by atoms with Crippen molar-refractivity contribution in [3.05, 3.63) is 74.4 Å². The molecule has 9 nitrogen and oxygen atoms in total. The second-order valence-electron chi connectivity index (χ2n) is 7.72. The Hall–Kier alpha value is -4.09. The van der Waals surface area contributed by atoms with Gasteiger partial charge in [0.05, 0.1) is 5.69 Å². The summed E-state index contributed by atoms with van der Waals surface area (Å²) in [5.41, 5.74) is 0.501. The highest BCUT2D eigenvalue weighted by molar-refractivity contribution is 5.74. The Morgan fingerprint density at radius 2 is 1.79 bits per heavy atom. The molecule has 0 saturated heterocycles. The van der Waals surface area contributed by atoms with Crippen molar-refractivity contribution in [1.82, 2.24) is 19.2 Å². The molecule has 1 aliphatic heterocycles. The van der Waals surface area contributed by atoms with E-state index in [-0.39, 0.29) is 41.6 Å². The molecule has 0 bridgehead atoms. The summed E-state index contributed by atoms with van der Waals surface area (Å²) in [5.74, 6) is -0.415. The lowest BCUT2D eigenvalue weighted by molar-refractivity contribution is -0.274. The van der Waals surface area contributed by atoms with E-state index in [1.165, 1.54) is 23.6 Å². The first kappa shape index (κ1) is 23.1. The topological polar surface area (TPSA) is 98.5 Å². The molecule has 3 aromatic rings. The monoisotopic (exact) mass is 475 g/mol. The zero-order valence-corrected chi connectivity index (χ0v) is 18.2. The van der Waals surface area contributed by atoms with Crippen LogP contribution in [0, 0.1) is 0 Å². The van der Waals surface area contributed by atoms with Crippen molar-refractivity contribution in [2.45, 2.75) is 26.3 Å². The maximum atomic E-state index is 13.2. The second kappa shape index (κ2) is 8.69. The number of anilines is 2. The van der Waals surface area contributed by atoms with Gasteiger partial charge in [-0.25, -0.2) is 0 Å². The molecule has 0 radical (unpaired) electrons. The summed E-state index contributed by atoms with van der Waals surface area (Å²) in [6.07, 6.45) is -3.00. The molecule has 0 spiro atoms. The molecule has 34 heavy (non-hydrogen) atoms. The smallest absolute Gasteiger partial charge is 0.406 e. The highest BCUT2D eigenvalue weighted by Gasteiger charge is 2.31. The fraction of sp³-hybridized carbons (Fsp3) is 0.273. The Labute approximate surface area is 191 Å². The summed E-state index contributed by atoms with van der Waals surface area (Å²) in [4.78, 5) is 39.2. The molecule has 1 amide bonds. The van der Waals surface area contributed by atoms with Gasteiger partial charge in [0.1, 0.15) is 11.4 Å². The van der Waals surface area contributed by atoms with Crippen LogP contribution in [0.5, 0.6) is 5.75 Å². The van der Waals surface area contributed by atoms with Crippen molar-refractivity contribution in [2.75, 3.05) is 11.9 Å². The first-order chi connectivity index (χ1) is 16.0. The van der Waals surface area contributed by atoms with Crippen molar-refractivity contribution in [3.8, 4) is 11.4 Å². The summed E-state index contributed by atoms with van der Waals surface area (Å²) in [7, 11) is 1.58. The van der Waals surface area contributed by atoms with Gasteiger partial charge in [0.25, 0.3) is 11.1 Å². The maximum Gasteiger partial charge on any atom is 0.573 e. The van der Waals surface area contributed by atoms with Gasteiger partial charge in [0.2, 0.25) is 5.91 Å². The molecule has 4 rings (SSSR count). The van der Waals surface area contributed by atoms with Crippen molar-refractivity contribution >= 4 is 17.4 Å². The van der Waals surface area contributed by atoms with Gasteiger partial charge >= 0.3 is 6.36 Å². The number of nitrogens with zero attached hydrogens (tertiary/aromatic N) is 4. The van der Waals surface area contributed by atoms with Crippen molar-refractivity contribution in [3.63, 3.8) is 0 Å². The Morgan fingerprint density at radius 3 is 2.44 bits per heavy atom. The Bertz CT molecular complexity index is 1360. The SMILES string of the molecule is CC(=O)N1CCc2c(c(Nc3cccn(C)c3=O)nn(-c3ccc(OC(F)(F)F)cc3)c2=O)C1. The molecule has 3 heterocycles. The van der Waals surface area contributed by atoms with Crippen LogP contribution in [0.4, 0.5) is 24.7 Å². The first-order valence-corrected chi connectivity index (χ1v) is 10.2. The highest BCUT2D eigenvalue weighted by atomic mass is 19.4. The predicted octanol–water partition coefficient (Wildman–Crippen LogP) is 2.48. The van der Waals surface area contributed by atoms with Crippen LogP contribution in [0.2, 0.25) is 0 Å². The number of hydrogen-bond acceptors (Lipinski definition) is 6. The van der Waals surface area contributed by atoms with E-state index in [9.17, 15) is 27.6 Å². The normalized spacial score (nSPS) is 13.4. The van der Waals surface area contributed by atoms with Crippen LogP contribution < -0.4 is 21.2 Å². The number of benzene rings is 1. The van der Waals surface area contributed by atoms with E-state index in [0.29, 0.717) is 17.7 Å². The number of amides is 1. The summed E-state index contributed by atoms with van der Waals surface area (Å²) < 4.78 is 43.7. The van der Waals surface area contributed by atoms with Crippen molar-refractivity contribution in [2.24, 2.45) is 7.05 Å². The van der Waals surface area contributed by atoms with E-state index in [0.717, 1.165) is 16.8 Å². The van der Waals surface area contributed by atoms with Crippen LogP contribution in [0.15, 0.2) is 52.2 Å². The van der Waals surface area contributed by atoms with E-state index < -0.39 is 17.7 Å². The molecular weight excluding hydrogens is 455 g/mol. The molecule has 0 atom stereocenters. The number of carbonyl (C=O) groups excluding carboxylic acids is 1. The Kier molecular flexibility index (Phi) is 5.90. The van der Waals surface area contributed by atoms with Crippen LogP contribution >= 0.6 is 0 Å². The van der Waals surface area contributed by atoms with Crippen molar-refractivity contribution in [1.29, 1.82) is 0 Å². The number of pyridine rings is 1. The van der Waals surface area contributed by atoms with Gasteiger partial charge in [-0.15, -0.1) is 18.3 Å². The average Bonchev–Trinajstić information content (AvgIpc) is 2.78. The number of halogens is 3. The summed E-state index contributed by atoms with van der Waals surface area (Å²) in [6, 6.07) is 7.92. The molecule has 0 fully saturated rings. The zero-order chi connectivity index (χ0) is 24.6. The fourth-order valence-corrected chi connectivity index (χ4v) is 3.70. The third-order valence-electron chi connectivity index (χ3n) is 5.42. The number of alkyl halides is 3. The van der Waals surface area contributed by atoms with Crippen LogP contribution in [0.25, 0.3) is 5.69 Å². The molecule has 0 unspecified atom stereocenters. The number of carbonyl (C=O) groups is 1. The lowest BCUT2D eigenvalue weighted by Crippen LogP contribution is -2.40. The maximum absolute atomic E-state index is 13.2. The van der Waals surface area contributed by atoms with Gasteiger partial charge in [-0.1, -0.05) is 0 Å². The first-order valence-electron chi connectivity index (χ1n) is 10.2. The number of rotatable bonds is 4. The number of aryl methyl sites for hydroxylation is 1. The van der Waals surface area contributed by atoms with E-state index >= 15 is 0 Å². The molecule has 0 saturated carbocycles.